The summed E-state index contributed by atoms with van der Waals surface area (Å²) in [5.74, 6) is 1.28. The SMILES string of the molecule is CN(C)C[C@@H]1CCN(C(=O)N[C@@H]2C[C@@H]3CCCc4cccc2c43)C1. The van der Waals surface area contributed by atoms with Gasteiger partial charge in [-0.05, 0) is 74.7 Å². The lowest BCUT2D eigenvalue weighted by molar-refractivity contribution is 0.200. The summed E-state index contributed by atoms with van der Waals surface area (Å²) in [6.45, 7) is 2.86. The van der Waals surface area contributed by atoms with E-state index in [2.05, 4.69) is 42.5 Å². The molecule has 0 saturated carbocycles. The first-order valence-electron chi connectivity index (χ1n) is 9.43. The predicted octanol–water partition coefficient (Wildman–Crippen LogP) is 3.14. The molecule has 1 heterocycles. The third kappa shape index (κ3) is 2.92. The smallest absolute Gasteiger partial charge is 0.317 e. The summed E-state index contributed by atoms with van der Waals surface area (Å²) in [5.41, 5.74) is 4.46. The summed E-state index contributed by atoms with van der Waals surface area (Å²) < 4.78 is 0. The summed E-state index contributed by atoms with van der Waals surface area (Å²) in [6, 6.07) is 7.03. The van der Waals surface area contributed by atoms with Crippen LogP contribution < -0.4 is 5.32 Å². The molecule has 2 amide bonds. The maximum absolute atomic E-state index is 12.7. The zero-order chi connectivity index (χ0) is 16.7. The number of aryl methyl sites for hydroxylation is 1. The van der Waals surface area contributed by atoms with Crippen molar-refractivity contribution in [1.29, 1.82) is 0 Å². The topological polar surface area (TPSA) is 35.6 Å². The van der Waals surface area contributed by atoms with Crippen molar-refractivity contribution in [1.82, 2.24) is 15.1 Å². The van der Waals surface area contributed by atoms with Crippen LogP contribution in [0.4, 0.5) is 4.79 Å². The Kier molecular flexibility index (Phi) is 4.25. The molecule has 1 N–H and O–H groups in total. The summed E-state index contributed by atoms with van der Waals surface area (Å²) in [7, 11) is 4.22. The van der Waals surface area contributed by atoms with Gasteiger partial charge in [0.25, 0.3) is 0 Å². The van der Waals surface area contributed by atoms with Crippen molar-refractivity contribution in [3.05, 3.63) is 34.9 Å². The summed E-state index contributed by atoms with van der Waals surface area (Å²) in [6.07, 6.45) is 6.00. The lowest BCUT2D eigenvalue weighted by Gasteiger charge is -2.22. The van der Waals surface area contributed by atoms with Crippen molar-refractivity contribution >= 4 is 6.03 Å². The number of carbonyl (C=O) groups is 1. The molecule has 1 aromatic rings. The molecule has 24 heavy (non-hydrogen) atoms. The zero-order valence-corrected chi connectivity index (χ0v) is 14.9. The van der Waals surface area contributed by atoms with Crippen molar-refractivity contribution in [2.75, 3.05) is 33.7 Å². The second-order valence-electron chi connectivity index (χ2n) is 8.11. The third-order valence-electron chi connectivity index (χ3n) is 6.03. The van der Waals surface area contributed by atoms with Crippen LogP contribution in [-0.2, 0) is 6.42 Å². The number of hydrogen-bond donors (Lipinski definition) is 1. The first kappa shape index (κ1) is 15.9. The molecule has 0 unspecified atom stereocenters. The monoisotopic (exact) mass is 327 g/mol. The minimum absolute atomic E-state index is 0.137. The van der Waals surface area contributed by atoms with Gasteiger partial charge in [0.2, 0.25) is 0 Å². The van der Waals surface area contributed by atoms with Gasteiger partial charge in [-0.2, -0.15) is 0 Å². The standard InChI is InChI=1S/C20H29N3O/c1-22(2)12-14-9-10-23(13-14)20(24)21-18-11-16-7-3-5-15-6-4-8-17(18)19(15)16/h4,6,8,14,16,18H,3,5,7,9-13H2,1-2H3,(H,21,24)/t14-,16-,18+/m0/s1. The van der Waals surface area contributed by atoms with Crippen LogP contribution in [0.1, 0.15) is 54.3 Å². The van der Waals surface area contributed by atoms with Crippen molar-refractivity contribution in [2.24, 2.45) is 5.92 Å². The first-order chi connectivity index (χ1) is 11.6. The van der Waals surface area contributed by atoms with Crippen molar-refractivity contribution in [3.63, 3.8) is 0 Å². The normalized spacial score (nSPS) is 28.3. The molecule has 2 aliphatic carbocycles. The van der Waals surface area contributed by atoms with E-state index < -0.39 is 0 Å². The maximum atomic E-state index is 12.7. The van der Waals surface area contributed by atoms with Crippen molar-refractivity contribution in [2.45, 2.75) is 44.1 Å². The van der Waals surface area contributed by atoms with E-state index in [4.69, 9.17) is 0 Å². The quantitative estimate of drug-likeness (QED) is 0.926. The average molecular weight is 327 g/mol. The fourth-order valence-electron chi connectivity index (χ4n) is 5.04. The molecule has 0 bridgehead atoms. The van der Waals surface area contributed by atoms with Crippen LogP contribution in [0.25, 0.3) is 0 Å². The van der Waals surface area contributed by atoms with Gasteiger partial charge in [0.05, 0.1) is 6.04 Å². The molecule has 4 nitrogen and oxygen atoms in total. The fraction of sp³-hybridized carbons (Fsp3) is 0.650. The van der Waals surface area contributed by atoms with Crippen LogP contribution in [0, 0.1) is 5.92 Å². The second kappa shape index (κ2) is 6.40. The van der Waals surface area contributed by atoms with E-state index in [-0.39, 0.29) is 12.1 Å². The van der Waals surface area contributed by atoms with Crippen LogP contribution >= 0.6 is 0 Å². The Labute approximate surface area is 145 Å². The van der Waals surface area contributed by atoms with Crippen molar-refractivity contribution in [3.8, 4) is 0 Å². The number of hydrogen-bond acceptors (Lipinski definition) is 2. The molecule has 1 aliphatic heterocycles. The Morgan fingerprint density at radius 1 is 1.33 bits per heavy atom. The highest BCUT2D eigenvalue weighted by Crippen LogP contribution is 2.47. The van der Waals surface area contributed by atoms with E-state index in [1.54, 1.807) is 5.56 Å². The highest BCUT2D eigenvalue weighted by molar-refractivity contribution is 5.75. The van der Waals surface area contributed by atoms with E-state index in [1.807, 2.05) is 4.90 Å². The molecular formula is C20H29N3O. The highest BCUT2D eigenvalue weighted by atomic mass is 16.2. The summed E-state index contributed by atoms with van der Waals surface area (Å²) in [5, 5.41) is 3.34. The molecule has 0 radical (unpaired) electrons. The van der Waals surface area contributed by atoms with Crippen LogP contribution in [-0.4, -0.2) is 49.6 Å². The number of likely N-dealkylation sites (tertiary alicyclic amines) is 1. The van der Waals surface area contributed by atoms with E-state index >= 15 is 0 Å². The molecule has 130 valence electrons. The van der Waals surface area contributed by atoms with E-state index in [0.717, 1.165) is 32.5 Å². The van der Waals surface area contributed by atoms with E-state index in [9.17, 15) is 4.79 Å². The van der Waals surface area contributed by atoms with Gasteiger partial charge in [0.15, 0.2) is 0 Å². The van der Waals surface area contributed by atoms with Crippen LogP contribution in [0.5, 0.6) is 0 Å². The fourth-order valence-corrected chi connectivity index (χ4v) is 5.04. The van der Waals surface area contributed by atoms with Gasteiger partial charge in [-0.1, -0.05) is 18.2 Å². The molecule has 1 saturated heterocycles. The number of nitrogens with zero attached hydrogens (tertiary/aromatic N) is 2. The summed E-state index contributed by atoms with van der Waals surface area (Å²) >= 11 is 0. The third-order valence-corrected chi connectivity index (χ3v) is 6.03. The van der Waals surface area contributed by atoms with E-state index in [1.165, 1.54) is 30.4 Å². The van der Waals surface area contributed by atoms with E-state index in [0.29, 0.717) is 11.8 Å². The minimum Gasteiger partial charge on any atom is -0.331 e. The molecule has 4 rings (SSSR count). The van der Waals surface area contributed by atoms with Gasteiger partial charge in [0.1, 0.15) is 0 Å². The van der Waals surface area contributed by atoms with Gasteiger partial charge in [-0.25, -0.2) is 4.79 Å². The number of amides is 2. The number of nitrogens with one attached hydrogen (secondary N) is 1. The largest absolute Gasteiger partial charge is 0.331 e. The average Bonchev–Trinajstić information content (AvgIpc) is 3.14. The Morgan fingerprint density at radius 3 is 3.04 bits per heavy atom. The van der Waals surface area contributed by atoms with Crippen molar-refractivity contribution < 1.29 is 4.79 Å². The molecular weight excluding hydrogens is 298 g/mol. The van der Waals surface area contributed by atoms with Crippen LogP contribution in [0.15, 0.2) is 18.2 Å². The summed E-state index contributed by atoms with van der Waals surface area (Å²) in [4.78, 5) is 17.0. The Morgan fingerprint density at radius 2 is 2.21 bits per heavy atom. The molecule has 1 fully saturated rings. The highest BCUT2D eigenvalue weighted by Gasteiger charge is 2.36. The maximum Gasteiger partial charge on any atom is 0.317 e. The Hall–Kier alpha value is -1.55. The van der Waals surface area contributed by atoms with Crippen LogP contribution in [0.2, 0.25) is 0 Å². The minimum atomic E-state index is 0.137. The number of rotatable bonds is 3. The molecule has 3 atom stereocenters. The Balaban J connectivity index is 1.42. The molecule has 0 aromatic heterocycles. The lowest BCUT2D eigenvalue weighted by Crippen LogP contribution is -2.40. The van der Waals surface area contributed by atoms with Crippen LogP contribution in [0.3, 0.4) is 0 Å². The number of benzene rings is 1. The van der Waals surface area contributed by atoms with Gasteiger partial charge in [-0.15, -0.1) is 0 Å². The van der Waals surface area contributed by atoms with Gasteiger partial charge >= 0.3 is 6.03 Å². The van der Waals surface area contributed by atoms with Gasteiger partial charge in [0, 0.05) is 19.6 Å². The molecule has 1 aromatic carbocycles. The first-order valence-corrected chi connectivity index (χ1v) is 9.43. The lowest BCUT2D eigenvalue weighted by atomic mass is 9.84. The van der Waals surface area contributed by atoms with Gasteiger partial charge in [-0.3, -0.25) is 0 Å². The van der Waals surface area contributed by atoms with Gasteiger partial charge < -0.3 is 15.1 Å². The second-order valence-corrected chi connectivity index (χ2v) is 8.11. The number of urea groups is 1. The zero-order valence-electron chi connectivity index (χ0n) is 14.9. The molecule has 4 heteroatoms. The Bertz CT molecular complexity index is 627. The molecule has 3 aliphatic rings. The molecule has 0 spiro atoms. The number of carbonyl (C=O) groups excluding carboxylic acids is 1. The predicted molar refractivity (Wildman–Crippen MR) is 96.2 cm³/mol.